The highest BCUT2D eigenvalue weighted by Gasteiger charge is 2.57. The first kappa shape index (κ1) is 45.8. The van der Waals surface area contributed by atoms with E-state index in [1.165, 1.54) is 0 Å². The Morgan fingerprint density at radius 1 is 0.661 bits per heavy atom. The van der Waals surface area contributed by atoms with E-state index in [9.17, 15) is 55.7 Å². The molecule has 2 aliphatic carbocycles. The number of halogens is 6. The maximum absolute atomic E-state index is 13.1. The number of pyridine rings is 2. The van der Waals surface area contributed by atoms with Gasteiger partial charge in [-0.3, -0.25) is 29.0 Å². The molecule has 2 saturated carbocycles. The molecule has 4 fully saturated rings. The van der Waals surface area contributed by atoms with E-state index in [1.807, 2.05) is 0 Å². The molecule has 2 saturated heterocycles. The quantitative estimate of drug-likeness (QED) is 0.201. The van der Waals surface area contributed by atoms with Crippen LogP contribution in [0.25, 0.3) is 12.2 Å². The summed E-state index contributed by atoms with van der Waals surface area (Å²) in [7, 11) is 0. The molecule has 4 bridgehead atoms. The minimum absolute atomic E-state index is 0.158. The summed E-state index contributed by atoms with van der Waals surface area (Å²) < 4.78 is 81.2. The number of hydrogen-bond acceptors (Lipinski definition) is 8. The van der Waals surface area contributed by atoms with E-state index in [4.69, 9.17) is 0 Å². The van der Waals surface area contributed by atoms with Crippen LogP contribution in [0, 0.1) is 35.5 Å². The van der Waals surface area contributed by atoms with Crippen molar-refractivity contribution >= 4 is 24.0 Å². The predicted molar refractivity (Wildman–Crippen MR) is 218 cm³/mol. The third-order valence-electron chi connectivity index (χ3n) is 13.5. The number of hydrogen-bond donors (Lipinski definition) is 4. The highest BCUT2D eigenvalue weighted by atomic mass is 19.4. The van der Waals surface area contributed by atoms with Gasteiger partial charge in [0, 0.05) is 98.9 Å². The van der Waals surface area contributed by atoms with Gasteiger partial charge in [0.1, 0.15) is 0 Å². The average molecular weight is 879 g/mol. The molecule has 0 aromatic carbocycles. The molecule has 62 heavy (non-hydrogen) atoms. The molecule has 8 rings (SSSR count). The van der Waals surface area contributed by atoms with E-state index in [0.717, 1.165) is 25.7 Å². The Hall–Kier alpha value is -4.26. The Labute approximate surface area is 355 Å². The lowest BCUT2D eigenvalue weighted by atomic mass is 9.86. The van der Waals surface area contributed by atoms with Crippen LogP contribution in [0.5, 0.6) is 0 Å². The summed E-state index contributed by atoms with van der Waals surface area (Å²) in [4.78, 5) is 55.6. The number of amides is 2. The number of allylic oxidation sites excluding steroid dienone is 2. The molecule has 4 aliphatic heterocycles. The van der Waals surface area contributed by atoms with Crippen molar-refractivity contribution in [1.82, 2.24) is 29.6 Å². The van der Waals surface area contributed by atoms with Gasteiger partial charge in [-0.05, 0) is 75.6 Å². The van der Waals surface area contributed by atoms with Crippen molar-refractivity contribution in [3.63, 3.8) is 0 Å². The third-order valence-corrected chi connectivity index (χ3v) is 13.5. The highest BCUT2D eigenvalue weighted by molar-refractivity contribution is 5.81. The smallest absolute Gasteiger partial charge is 0.390 e. The summed E-state index contributed by atoms with van der Waals surface area (Å²) in [6.07, 6.45) is 0.458. The van der Waals surface area contributed by atoms with Crippen molar-refractivity contribution in [1.29, 1.82) is 0 Å². The zero-order valence-corrected chi connectivity index (χ0v) is 34.9. The minimum atomic E-state index is -4.33. The fraction of sp³-hybridized carbons (Fsp3) is 0.636. The van der Waals surface area contributed by atoms with E-state index >= 15 is 0 Å². The van der Waals surface area contributed by atoms with E-state index in [0.29, 0.717) is 47.4 Å². The molecule has 4 N–H and O–H groups in total. The fourth-order valence-electron chi connectivity index (χ4n) is 10.2. The van der Waals surface area contributed by atoms with Crippen LogP contribution in [0.2, 0.25) is 0 Å². The van der Waals surface area contributed by atoms with Crippen molar-refractivity contribution in [3.05, 3.63) is 79.6 Å². The molecule has 340 valence electrons. The van der Waals surface area contributed by atoms with E-state index in [2.05, 4.69) is 10.6 Å². The normalized spacial score (nSPS) is 28.2. The molecule has 2 amide bonds. The molecule has 8 atom stereocenters. The SMILES string of the molecule is C/C=C/c1ccc2n(c1=O)C[C@@H]1[C@@H](CO)[C@H](C(=O)NCC3CC3)[C@H]2N1CCC(F)(F)F.C/C=C\c1ccc2n(c1=O)C[C@@H]1[C@@H](CO)[C@H](C(=O)NCC3CC3)[C@H]2N1CCC(F)(F)F. The largest absolute Gasteiger partial charge is 0.396 e. The van der Waals surface area contributed by atoms with E-state index < -0.39 is 73.0 Å². The first-order valence-corrected chi connectivity index (χ1v) is 21.6. The van der Waals surface area contributed by atoms with Crippen LogP contribution in [-0.4, -0.2) is 105 Å². The molecular weight excluding hydrogens is 823 g/mol. The van der Waals surface area contributed by atoms with Crippen LogP contribution < -0.4 is 21.8 Å². The zero-order valence-electron chi connectivity index (χ0n) is 34.9. The number of carbonyl (C=O) groups excluding carboxylic acids is 2. The highest BCUT2D eigenvalue weighted by Crippen LogP contribution is 2.50. The van der Waals surface area contributed by atoms with Gasteiger partial charge in [0.15, 0.2) is 0 Å². The second-order valence-electron chi connectivity index (χ2n) is 17.6. The Morgan fingerprint density at radius 2 is 1.03 bits per heavy atom. The van der Waals surface area contributed by atoms with Crippen molar-refractivity contribution < 1.29 is 46.1 Å². The first-order chi connectivity index (χ1) is 29.5. The van der Waals surface area contributed by atoms with Crippen LogP contribution in [0.3, 0.4) is 0 Å². The van der Waals surface area contributed by atoms with Gasteiger partial charge in [0.05, 0.1) is 36.8 Å². The topological polar surface area (TPSA) is 149 Å². The summed E-state index contributed by atoms with van der Waals surface area (Å²) >= 11 is 0. The molecule has 6 aliphatic rings. The number of rotatable bonds is 14. The average Bonchev–Trinajstić information content (AvgIpc) is 4.16. The van der Waals surface area contributed by atoms with Crippen LogP contribution in [0.15, 0.2) is 46.0 Å². The summed E-state index contributed by atoms with van der Waals surface area (Å²) in [6, 6.07) is 4.40. The lowest BCUT2D eigenvalue weighted by molar-refractivity contribution is -0.142. The zero-order chi connectivity index (χ0) is 44.7. The second kappa shape index (κ2) is 18.5. The molecule has 2 aromatic heterocycles. The minimum Gasteiger partial charge on any atom is -0.396 e. The molecule has 0 unspecified atom stereocenters. The molecular formula is C44H56F6N6O6. The number of nitrogens with zero attached hydrogens (tertiary/aromatic N) is 4. The van der Waals surface area contributed by atoms with Gasteiger partial charge >= 0.3 is 12.4 Å². The Kier molecular flexibility index (Phi) is 13.6. The number of aliphatic hydroxyl groups excluding tert-OH is 2. The number of carbonyl (C=O) groups is 2. The Morgan fingerprint density at radius 3 is 1.34 bits per heavy atom. The summed E-state index contributed by atoms with van der Waals surface area (Å²) in [5.41, 5.74) is 1.61. The van der Waals surface area contributed by atoms with E-state index in [-0.39, 0.29) is 62.3 Å². The lowest BCUT2D eigenvalue weighted by Crippen LogP contribution is -2.47. The second-order valence-corrected chi connectivity index (χ2v) is 17.6. The number of aromatic nitrogens is 2. The van der Waals surface area contributed by atoms with Crippen molar-refractivity contribution in [2.24, 2.45) is 35.5 Å². The van der Waals surface area contributed by atoms with Gasteiger partial charge < -0.3 is 30.0 Å². The fourth-order valence-corrected chi connectivity index (χ4v) is 10.2. The van der Waals surface area contributed by atoms with Gasteiger partial charge in [0.25, 0.3) is 11.1 Å². The van der Waals surface area contributed by atoms with Gasteiger partial charge in [-0.25, -0.2) is 0 Å². The molecule has 0 radical (unpaired) electrons. The number of fused-ring (bicyclic) bond motifs is 8. The molecule has 6 heterocycles. The summed E-state index contributed by atoms with van der Waals surface area (Å²) in [5.74, 6) is -2.09. The molecule has 18 heteroatoms. The maximum atomic E-state index is 13.1. The molecule has 12 nitrogen and oxygen atoms in total. The van der Waals surface area contributed by atoms with Gasteiger partial charge in [-0.2, -0.15) is 26.3 Å². The Balaban J connectivity index is 0.000000186. The van der Waals surface area contributed by atoms with Gasteiger partial charge in [0.2, 0.25) is 11.8 Å². The number of alkyl halides is 6. The third kappa shape index (κ3) is 9.62. The summed E-state index contributed by atoms with van der Waals surface area (Å²) in [6.45, 7) is 3.81. The molecule has 2 aromatic rings. The van der Waals surface area contributed by atoms with E-state index in [1.54, 1.807) is 81.4 Å². The van der Waals surface area contributed by atoms with Gasteiger partial charge in [-0.15, -0.1) is 0 Å². The number of nitrogens with one attached hydrogen (secondary N) is 2. The summed E-state index contributed by atoms with van der Waals surface area (Å²) in [5, 5.41) is 26.1. The number of aliphatic hydroxyl groups is 2. The molecule has 0 spiro atoms. The van der Waals surface area contributed by atoms with Crippen LogP contribution >= 0.6 is 0 Å². The van der Waals surface area contributed by atoms with Crippen LogP contribution in [-0.2, 0) is 22.7 Å². The van der Waals surface area contributed by atoms with Crippen molar-refractivity contribution in [2.45, 2.75) is 102 Å². The van der Waals surface area contributed by atoms with Crippen LogP contribution in [0.1, 0.15) is 87.0 Å². The monoisotopic (exact) mass is 878 g/mol. The van der Waals surface area contributed by atoms with Crippen LogP contribution in [0.4, 0.5) is 26.3 Å². The standard InChI is InChI=1S/2C22H28F3N3O3/c2*1-2-3-14-6-7-16-19-18(20(30)26-10-13-4-5-13)15(12-29)17(11-28(16)21(14)31)27(19)9-8-22(23,24)25/h2*2-3,6-7,13,15,17-19,29H,4-5,8-12H2,1H3,(H,26,30)/b3-2+;3-2-/t2*15-,17-,18+,19+/m11/s1. The lowest BCUT2D eigenvalue weighted by Gasteiger charge is -2.38. The van der Waals surface area contributed by atoms with Gasteiger partial charge in [-0.1, -0.05) is 24.3 Å². The Bertz CT molecular complexity index is 2000. The predicted octanol–water partition coefficient (Wildman–Crippen LogP) is 4.65. The maximum Gasteiger partial charge on any atom is 0.390 e. The van der Waals surface area contributed by atoms with Crippen molar-refractivity contribution in [2.75, 3.05) is 39.4 Å². The first-order valence-electron chi connectivity index (χ1n) is 21.6. The van der Waals surface area contributed by atoms with Crippen molar-refractivity contribution in [3.8, 4) is 0 Å².